The second-order valence-corrected chi connectivity index (χ2v) is 7.18. The van der Waals surface area contributed by atoms with Crippen LogP contribution in [0.1, 0.15) is 54.2 Å². The number of benzene rings is 1. The summed E-state index contributed by atoms with van der Waals surface area (Å²) in [7, 11) is 3.83. The van der Waals surface area contributed by atoms with Gasteiger partial charge in [0.1, 0.15) is 5.75 Å². The van der Waals surface area contributed by atoms with Crippen molar-refractivity contribution in [3.05, 3.63) is 46.8 Å². The van der Waals surface area contributed by atoms with Crippen LogP contribution in [0.3, 0.4) is 0 Å². The molecule has 24 heavy (non-hydrogen) atoms. The average molecular weight is 325 g/mol. The van der Waals surface area contributed by atoms with Gasteiger partial charge in [0, 0.05) is 19.6 Å². The Balaban J connectivity index is 1.53. The average Bonchev–Trinajstić information content (AvgIpc) is 3.39. The molecule has 0 radical (unpaired) electrons. The molecule has 1 heterocycles. The molecule has 4 heteroatoms. The maximum atomic E-state index is 5.41. The summed E-state index contributed by atoms with van der Waals surface area (Å²) in [5.74, 6) is 1.69. The molecule has 0 saturated heterocycles. The van der Waals surface area contributed by atoms with Gasteiger partial charge < -0.3 is 10.1 Å². The molecule has 128 valence electrons. The number of aryl methyl sites for hydroxylation is 2. The Kier molecular flexibility index (Phi) is 4.31. The van der Waals surface area contributed by atoms with E-state index in [4.69, 9.17) is 9.84 Å². The van der Waals surface area contributed by atoms with E-state index in [0.717, 1.165) is 24.6 Å². The number of methoxy groups -OCH3 is 1. The van der Waals surface area contributed by atoms with Gasteiger partial charge in [-0.1, -0.05) is 12.1 Å². The molecule has 1 N–H and O–H groups in total. The summed E-state index contributed by atoms with van der Waals surface area (Å²) in [5, 5.41) is 8.57. The Hall–Kier alpha value is -1.81. The fraction of sp³-hybridized carbons (Fsp3) is 0.550. The molecule has 2 aliphatic carbocycles. The van der Waals surface area contributed by atoms with Gasteiger partial charge in [-0.25, -0.2) is 0 Å². The molecule has 0 aliphatic heterocycles. The lowest BCUT2D eigenvalue weighted by atomic mass is 9.95. The summed E-state index contributed by atoms with van der Waals surface area (Å²) in [4.78, 5) is 0. The third kappa shape index (κ3) is 3.07. The van der Waals surface area contributed by atoms with Crippen molar-refractivity contribution >= 4 is 0 Å². The highest BCUT2D eigenvalue weighted by molar-refractivity contribution is 5.32. The molecule has 0 spiro atoms. The van der Waals surface area contributed by atoms with E-state index in [0.29, 0.717) is 6.04 Å². The Morgan fingerprint density at radius 1 is 1.29 bits per heavy atom. The van der Waals surface area contributed by atoms with E-state index in [2.05, 4.69) is 35.2 Å². The maximum absolute atomic E-state index is 5.41. The van der Waals surface area contributed by atoms with Gasteiger partial charge in [-0.3, -0.25) is 4.68 Å². The van der Waals surface area contributed by atoms with E-state index in [9.17, 15) is 0 Å². The second kappa shape index (κ2) is 6.60. The number of nitrogens with zero attached hydrogens (tertiary/aromatic N) is 2. The Bertz CT molecular complexity index is 718. The molecule has 2 aliphatic rings. The van der Waals surface area contributed by atoms with Crippen molar-refractivity contribution < 1.29 is 4.74 Å². The normalized spacial score (nSPS) is 18.2. The number of ether oxygens (including phenoxy) is 1. The molecule has 2 aromatic rings. The van der Waals surface area contributed by atoms with Crippen LogP contribution in [0, 0.1) is 5.92 Å². The summed E-state index contributed by atoms with van der Waals surface area (Å²) >= 11 is 0. The molecule has 1 aromatic carbocycles. The van der Waals surface area contributed by atoms with Crippen molar-refractivity contribution in [1.29, 1.82) is 0 Å². The number of aromatic nitrogens is 2. The molecular formula is C20H27N3O. The molecule has 0 bridgehead atoms. The summed E-state index contributed by atoms with van der Waals surface area (Å²) in [5.41, 5.74) is 5.53. The van der Waals surface area contributed by atoms with Crippen LogP contribution in [-0.4, -0.2) is 16.9 Å². The lowest BCUT2D eigenvalue weighted by Gasteiger charge is -2.20. The van der Waals surface area contributed by atoms with Crippen LogP contribution >= 0.6 is 0 Å². The third-order valence-corrected chi connectivity index (χ3v) is 5.48. The van der Waals surface area contributed by atoms with Crippen molar-refractivity contribution in [3.63, 3.8) is 0 Å². The minimum Gasteiger partial charge on any atom is -0.497 e. The Morgan fingerprint density at radius 3 is 2.92 bits per heavy atom. The zero-order chi connectivity index (χ0) is 16.5. The summed E-state index contributed by atoms with van der Waals surface area (Å²) in [6.07, 6.45) is 7.55. The molecule has 1 aromatic heterocycles. The van der Waals surface area contributed by atoms with Gasteiger partial charge in [-0.2, -0.15) is 5.10 Å². The van der Waals surface area contributed by atoms with Gasteiger partial charge in [-0.15, -0.1) is 0 Å². The summed E-state index contributed by atoms with van der Waals surface area (Å²) < 4.78 is 7.50. The van der Waals surface area contributed by atoms with Gasteiger partial charge in [0.2, 0.25) is 0 Å². The van der Waals surface area contributed by atoms with E-state index in [1.807, 2.05) is 6.07 Å². The molecule has 1 atom stereocenters. The first-order valence-electron chi connectivity index (χ1n) is 9.17. The first kappa shape index (κ1) is 15.7. The first-order chi connectivity index (χ1) is 11.8. The quantitative estimate of drug-likeness (QED) is 0.883. The van der Waals surface area contributed by atoms with Crippen LogP contribution in [0.25, 0.3) is 0 Å². The van der Waals surface area contributed by atoms with E-state index in [-0.39, 0.29) is 0 Å². The number of fused-ring (bicyclic) bond motifs is 1. The number of hydrogen-bond donors (Lipinski definition) is 1. The Morgan fingerprint density at radius 2 is 2.12 bits per heavy atom. The van der Waals surface area contributed by atoms with Crippen molar-refractivity contribution in [2.45, 2.75) is 51.1 Å². The standard InChI is InChI=1S/C20H27N3O/c1-23-19(17-8-3-4-9-18(17)22-23)13-21-20(14-10-11-14)15-6-5-7-16(12-15)24-2/h5-7,12,14,20-21H,3-4,8-11,13H2,1-2H3. The van der Waals surface area contributed by atoms with Crippen molar-refractivity contribution in [2.24, 2.45) is 13.0 Å². The minimum atomic E-state index is 0.411. The Labute approximate surface area is 144 Å². The zero-order valence-electron chi connectivity index (χ0n) is 14.7. The highest BCUT2D eigenvalue weighted by Gasteiger charge is 2.32. The van der Waals surface area contributed by atoms with Gasteiger partial charge in [-0.05, 0) is 67.7 Å². The predicted molar refractivity (Wildman–Crippen MR) is 95.1 cm³/mol. The fourth-order valence-electron chi connectivity index (χ4n) is 4.00. The maximum Gasteiger partial charge on any atom is 0.119 e. The molecule has 0 amide bonds. The molecule has 1 saturated carbocycles. The topological polar surface area (TPSA) is 39.1 Å². The summed E-state index contributed by atoms with van der Waals surface area (Å²) in [6.45, 7) is 0.900. The van der Waals surface area contributed by atoms with Gasteiger partial charge in [0.05, 0.1) is 18.5 Å². The minimum absolute atomic E-state index is 0.411. The van der Waals surface area contributed by atoms with Crippen LogP contribution in [0.5, 0.6) is 5.75 Å². The van der Waals surface area contributed by atoms with Gasteiger partial charge >= 0.3 is 0 Å². The van der Waals surface area contributed by atoms with Gasteiger partial charge in [0.15, 0.2) is 0 Å². The fourth-order valence-corrected chi connectivity index (χ4v) is 4.00. The smallest absolute Gasteiger partial charge is 0.119 e. The highest BCUT2D eigenvalue weighted by Crippen LogP contribution is 2.42. The largest absolute Gasteiger partial charge is 0.497 e. The lowest BCUT2D eigenvalue weighted by molar-refractivity contribution is 0.411. The van der Waals surface area contributed by atoms with Crippen LogP contribution in [0.2, 0.25) is 0 Å². The molecule has 4 nitrogen and oxygen atoms in total. The van der Waals surface area contributed by atoms with Crippen LogP contribution in [-0.2, 0) is 26.4 Å². The van der Waals surface area contributed by atoms with Crippen LogP contribution in [0.4, 0.5) is 0 Å². The first-order valence-corrected chi connectivity index (χ1v) is 9.17. The van der Waals surface area contributed by atoms with E-state index in [1.165, 1.54) is 54.6 Å². The van der Waals surface area contributed by atoms with E-state index in [1.54, 1.807) is 7.11 Å². The monoisotopic (exact) mass is 325 g/mol. The molecule has 1 unspecified atom stereocenters. The zero-order valence-corrected chi connectivity index (χ0v) is 14.7. The van der Waals surface area contributed by atoms with E-state index >= 15 is 0 Å². The second-order valence-electron chi connectivity index (χ2n) is 7.18. The van der Waals surface area contributed by atoms with Crippen molar-refractivity contribution in [1.82, 2.24) is 15.1 Å². The van der Waals surface area contributed by atoms with Crippen LogP contribution in [0.15, 0.2) is 24.3 Å². The molecule has 1 fully saturated rings. The molecular weight excluding hydrogens is 298 g/mol. The van der Waals surface area contributed by atoms with Crippen molar-refractivity contribution in [3.8, 4) is 5.75 Å². The predicted octanol–water partition coefficient (Wildman–Crippen LogP) is 3.55. The highest BCUT2D eigenvalue weighted by atomic mass is 16.5. The van der Waals surface area contributed by atoms with Gasteiger partial charge in [0.25, 0.3) is 0 Å². The van der Waals surface area contributed by atoms with Crippen molar-refractivity contribution in [2.75, 3.05) is 7.11 Å². The lowest BCUT2D eigenvalue weighted by Crippen LogP contribution is -2.24. The van der Waals surface area contributed by atoms with E-state index < -0.39 is 0 Å². The third-order valence-electron chi connectivity index (χ3n) is 5.48. The summed E-state index contributed by atoms with van der Waals surface area (Å²) in [6, 6.07) is 8.92. The SMILES string of the molecule is COc1cccc(C(NCc2c3c(nn2C)CCCC3)C2CC2)c1. The number of rotatable bonds is 6. The van der Waals surface area contributed by atoms with Crippen LogP contribution < -0.4 is 10.1 Å². The number of nitrogens with one attached hydrogen (secondary N) is 1. The molecule has 4 rings (SSSR count). The number of hydrogen-bond acceptors (Lipinski definition) is 3.